The molecule has 82 valence electrons. The fourth-order valence-corrected chi connectivity index (χ4v) is 1.65. The van der Waals surface area contributed by atoms with Gasteiger partial charge < -0.3 is 4.74 Å². The van der Waals surface area contributed by atoms with Crippen LogP contribution in [0.3, 0.4) is 0 Å². The van der Waals surface area contributed by atoms with Gasteiger partial charge in [-0.15, -0.1) is 0 Å². The third-order valence-corrected chi connectivity index (χ3v) is 3.20. The van der Waals surface area contributed by atoms with Gasteiger partial charge in [-0.3, -0.25) is 4.98 Å². The Kier molecular flexibility index (Phi) is 3.46. The topological polar surface area (TPSA) is 22.1 Å². The number of rotatable bonds is 2. The Balaban J connectivity index is 2.27. The highest BCUT2D eigenvalue weighted by Crippen LogP contribution is 2.29. The molecule has 1 aromatic heterocycles. The van der Waals surface area contributed by atoms with Gasteiger partial charge in [0.15, 0.2) is 0 Å². The Labute approximate surface area is 107 Å². The molecule has 0 N–H and O–H groups in total. The first-order valence-corrected chi connectivity index (χ1v) is 5.87. The Morgan fingerprint density at radius 3 is 2.56 bits per heavy atom. The van der Waals surface area contributed by atoms with Crippen molar-refractivity contribution in [3.8, 4) is 11.5 Å². The smallest absolute Gasteiger partial charge is 0.149 e. The van der Waals surface area contributed by atoms with Crippen molar-refractivity contribution in [2.24, 2.45) is 0 Å². The highest BCUT2D eigenvalue weighted by molar-refractivity contribution is 9.10. The van der Waals surface area contributed by atoms with Gasteiger partial charge in [-0.2, -0.15) is 0 Å². The number of hydrogen-bond donors (Lipinski definition) is 0. The maximum absolute atomic E-state index is 5.80. The Hall–Kier alpha value is -1.06. The van der Waals surface area contributed by atoms with Gasteiger partial charge >= 0.3 is 0 Å². The van der Waals surface area contributed by atoms with Gasteiger partial charge in [0, 0.05) is 21.3 Å². The molecule has 0 saturated heterocycles. The lowest BCUT2D eigenvalue weighted by Gasteiger charge is -2.08. The summed E-state index contributed by atoms with van der Waals surface area (Å²) in [6.45, 7) is 1.97. The highest BCUT2D eigenvalue weighted by Gasteiger charge is 2.04. The average Bonchev–Trinajstić information content (AvgIpc) is 2.28. The summed E-state index contributed by atoms with van der Waals surface area (Å²) in [5.41, 5.74) is 1.02. The Morgan fingerprint density at radius 2 is 1.88 bits per heavy atom. The van der Waals surface area contributed by atoms with Crippen LogP contribution < -0.4 is 4.74 Å². The molecule has 0 unspecified atom stereocenters. The summed E-state index contributed by atoms with van der Waals surface area (Å²) in [6.07, 6.45) is 3.43. The SMILES string of the molecule is Cc1c(Br)cncc1Oc1ccc(Cl)cc1. The second-order valence-electron chi connectivity index (χ2n) is 3.30. The second-order valence-corrected chi connectivity index (χ2v) is 4.59. The van der Waals surface area contributed by atoms with Crippen LogP contribution in [0.4, 0.5) is 0 Å². The Bertz CT molecular complexity index is 499. The van der Waals surface area contributed by atoms with Crippen molar-refractivity contribution in [1.82, 2.24) is 4.98 Å². The molecule has 1 aromatic carbocycles. The summed E-state index contributed by atoms with van der Waals surface area (Å²) in [4.78, 5) is 4.06. The molecular weight excluding hydrogens is 289 g/mol. The van der Waals surface area contributed by atoms with E-state index < -0.39 is 0 Å². The zero-order valence-electron chi connectivity index (χ0n) is 8.58. The number of nitrogens with zero attached hydrogens (tertiary/aromatic N) is 1. The van der Waals surface area contributed by atoms with E-state index in [1.807, 2.05) is 19.1 Å². The van der Waals surface area contributed by atoms with E-state index in [4.69, 9.17) is 16.3 Å². The van der Waals surface area contributed by atoms with Crippen molar-refractivity contribution in [2.45, 2.75) is 6.92 Å². The molecule has 0 aliphatic carbocycles. The lowest BCUT2D eigenvalue weighted by atomic mass is 10.3. The third kappa shape index (κ3) is 2.54. The quantitative estimate of drug-likeness (QED) is 0.808. The van der Waals surface area contributed by atoms with E-state index >= 15 is 0 Å². The van der Waals surface area contributed by atoms with Crippen molar-refractivity contribution < 1.29 is 4.74 Å². The van der Waals surface area contributed by atoms with E-state index in [0.29, 0.717) is 5.02 Å². The van der Waals surface area contributed by atoms with Crippen LogP contribution in [-0.4, -0.2) is 4.98 Å². The first-order valence-electron chi connectivity index (χ1n) is 4.70. The zero-order chi connectivity index (χ0) is 11.5. The summed E-state index contributed by atoms with van der Waals surface area (Å²) in [5, 5.41) is 0.691. The van der Waals surface area contributed by atoms with Crippen molar-refractivity contribution in [3.63, 3.8) is 0 Å². The molecule has 0 bridgehead atoms. The summed E-state index contributed by atoms with van der Waals surface area (Å²) < 4.78 is 6.62. The summed E-state index contributed by atoms with van der Waals surface area (Å²) in [5.74, 6) is 1.48. The molecular formula is C12H9BrClNO. The van der Waals surface area contributed by atoms with Crippen molar-refractivity contribution in [3.05, 3.63) is 51.7 Å². The molecule has 0 aliphatic rings. The number of halogens is 2. The number of pyridine rings is 1. The van der Waals surface area contributed by atoms with Crippen LogP contribution in [0.25, 0.3) is 0 Å². The van der Waals surface area contributed by atoms with Crippen LogP contribution in [-0.2, 0) is 0 Å². The van der Waals surface area contributed by atoms with Gasteiger partial charge in [-0.1, -0.05) is 11.6 Å². The van der Waals surface area contributed by atoms with Crippen LogP contribution in [0, 0.1) is 6.92 Å². The zero-order valence-corrected chi connectivity index (χ0v) is 10.9. The first-order chi connectivity index (χ1) is 7.66. The van der Waals surface area contributed by atoms with E-state index in [9.17, 15) is 0 Å². The minimum absolute atomic E-state index is 0.691. The molecule has 0 amide bonds. The molecule has 2 nitrogen and oxygen atoms in total. The minimum Gasteiger partial charge on any atom is -0.455 e. The lowest BCUT2D eigenvalue weighted by molar-refractivity contribution is 0.476. The van der Waals surface area contributed by atoms with Gasteiger partial charge in [0.1, 0.15) is 11.5 Å². The van der Waals surface area contributed by atoms with E-state index in [-0.39, 0.29) is 0 Å². The standard InChI is InChI=1S/C12H9BrClNO/c1-8-11(13)6-15-7-12(8)16-10-4-2-9(14)3-5-10/h2-7H,1H3. The molecule has 4 heteroatoms. The number of benzene rings is 1. The van der Waals surface area contributed by atoms with E-state index in [0.717, 1.165) is 21.5 Å². The summed E-state index contributed by atoms with van der Waals surface area (Å²) in [7, 11) is 0. The molecule has 16 heavy (non-hydrogen) atoms. The molecule has 1 heterocycles. The molecule has 2 rings (SSSR count). The molecule has 0 spiro atoms. The van der Waals surface area contributed by atoms with E-state index in [1.54, 1.807) is 24.5 Å². The first kappa shape index (κ1) is 11.4. The summed E-state index contributed by atoms with van der Waals surface area (Å²) >= 11 is 9.20. The molecule has 0 atom stereocenters. The Morgan fingerprint density at radius 1 is 1.19 bits per heavy atom. The molecule has 0 saturated carbocycles. The van der Waals surface area contributed by atoms with Crippen LogP contribution in [0.15, 0.2) is 41.1 Å². The predicted molar refractivity (Wildman–Crippen MR) is 68.2 cm³/mol. The molecule has 0 fully saturated rings. The van der Waals surface area contributed by atoms with Crippen LogP contribution in [0.5, 0.6) is 11.5 Å². The summed E-state index contributed by atoms with van der Waals surface area (Å²) in [6, 6.07) is 7.22. The van der Waals surface area contributed by atoms with Crippen LogP contribution >= 0.6 is 27.5 Å². The minimum atomic E-state index is 0.691. The second kappa shape index (κ2) is 4.85. The maximum Gasteiger partial charge on any atom is 0.149 e. The fraction of sp³-hybridized carbons (Fsp3) is 0.0833. The van der Waals surface area contributed by atoms with Gasteiger partial charge in [-0.25, -0.2) is 0 Å². The predicted octanol–water partition coefficient (Wildman–Crippen LogP) is 4.60. The molecule has 2 aromatic rings. The normalized spacial score (nSPS) is 10.2. The highest BCUT2D eigenvalue weighted by atomic mass is 79.9. The van der Waals surface area contributed by atoms with Gasteiger partial charge in [-0.05, 0) is 47.1 Å². The van der Waals surface area contributed by atoms with Crippen molar-refractivity contribution in [1.29, 1.82) is 0 Å². The van der Waals surface area contributed by atoms with Gasteiger partial charge in [0.05, 0.1) is 6.20 Å². The third-order valence-electron chi connectivity index (χ3n) is 2.15. The largest absolute Gasteiger partial charge is 0.455 e. The van der Waals surface area contributed by atoms with Gasteiger partial charge in [0.2, 0.25) is 0 Å². The lowest BCUT2D eigenvalue weighted by Crippen LogP contribution is -1.89. The monoisotopic (exact) mass is 297 g/mol. The van der Waals surface area contributed by atoms with E-state index in [2.05, 4.69) is 20.9 Å². The number of ether oxygens (including phenoxy) is 1. The average molecular weight is 299 g/mol. The van der Waals surface area contributed by atoms with E-state index in [1.165, 1.54) is 0 Å². The van der Waals surface area contributed by atoms with Crippen molar-refractivity contribution in [2.75, 3.05) is 0 Å². The van der Waals surface area contributed by atoms with Gasteiger partial charge in [0.25, 0.3) is 0 Å². The molecule has 0 radical (unpaired) electrons. The number of aromatic nitrogens is 1. The molecule has 0 aliphatic heterocycles. The number of hydrogen-bond acceptors (Lipinski definition) is 2. The van der Waals surface area contributed by atoms with Crippen LogP contribution in [0.1, 0.15) is 5.56 Å². The van der Waals surface area contributed by atoms with Crippen LogP contribution in [0.2, 0.25) is 5.02 Å². The van der Waals surface area contributed by atoms with Crippen molar-refractivity contribution >= 4 is 27.5 Å². The fourth-order valence-electron chi connectivity index (χ4n) is 1.21. The maximum atomic E-state index is 5.80.